The average Bonchev–Trinajstić information content (AvgIpc) is 2.97. The molecule has 0 amide bonds. The van der Waals surface area contributed by atoms with E-state index >= 15 is 0 Å². The highest BCUT2D eigenvalue weighted by Crippen LogP contribution is 2.48. The van der Waals surface area contributed by atoms with Crippen molar-refractivity contribution < 1.29 is 0 Å². The van der Waals surface area contributed by atoms with Crippen LogP contribution >= 0.6 is 0 Å². The largest absolute Gasteiger partial charge is 0.370 e. The van der Waals surface area contributed by atoms with Crippen LogP contribution in [0.3, 0.4) is 0 Å². The third kappa shape index (κ3) is 13.9. The zero-order chi connectivity index (χ0) is 33.3. The molecular formula is C38H62N8. The Morgan fingerprint density at radius 3 is 1.61 bits per heavy atom. The van der Waals surface area contributed by atoms with E-state index in [1.165, 1.54) is 24.1 Å². The zero-order valence-corrected chi connectivity index (χ0v) is 29.9. The smallest absolute Gasteiger partial charge is 0.224 e. The van der Waals surface area contributed by atoms with Gasteiger partial charge in [0, 0.05) is 44.4 Å². The number of nitrogens with one attached hydrogen (secondary N) is 4. The topological polar surface area (TPSA) is 99.7 Å². The minimum absolute atomic E-state index is 0.488. The predicted octanol–water partition coefficient (Wildman–Crippen LogP) is 9.45. The van der Waals surface area contributed by atoms with Gasteiger partial charge in [0.25, 0.3) is 0 Å². The number of anilines is 4. The van der Waals surface area contributed by atoms with E-state index in [9.17, 15) is 0 Å². The van der Waals surface area contributed by atoms with Crippen molar-refractivity contribution in [3.8, 4) is 0 Å². The Labute approximate surface area is 279 Å². The maximum Gasteiger partial charge on any atom is 0.224 e. The van der Waals surface area contributed by atoms with Crippen molar-refractivity contribution in [3.63, 3.8) is 0 Å². The fourth-order valence-corrected chi connectivity index (χ4v) is 5.24. The first kappa shape index (κ1) is 37.0. The normalized spacial score (nSPS) is 15.8. The molecule has 0 bridgehead atoms. The van der Waals surface area contributed by atoms with Crippen LogP contribution in [0.2, 0.25) is 0 Å². The van der Waals surface area contributed by atoms with E-state index in [0.29, 0.717) is 41.5 Å². The van der Waals surface area contributed by atoms with Gasteiger partial charge in [-0.25, -0.2) is 9.97 Å². The van der Waals surface area contributed by atoms with E-state index in [0.717, 1.165) is 69.4 Å². The molecule has 1 aliphatic carbocycles. The maximum absolute atomic E-state index is 4.91. The molecule has 1 aliphatic rings. The Morgan fingerprint density at radius 1 is 0.565 bits per heavy atom. The lowest BCUT2D eigenvalue weighted by Gasteiger charge is -2.37. The number of aromatic nitrogens is 4. The molecule has 0 spiro atoms. The number of rotatable bonds is 18. The average molecular weight is 631 g/mol. The minimum atomic E-state index is 0.488. The van der Waals surface area contributed by atoms with Gasteiger partial charge < -0.3 is 21.3 Å². The first-order valence-electron chi connectivity index (χ1n) is 17.8. The second kappa shape index (κ2) is 20.0. The molecule has 1 aromatic carbocycles. The van der Waals surface area contributed by atoms with Crippen LogP contribution in [0.15, 0.2) is 48.7 Å². The van der Waals surface area contributed by atoms with Crippen molar-refractivity contribution in [2.24, 2.45) is 23.7 Å². The van der Waals surface area contributed by atoms with Gasteiger partial charge in [0.05, 0.1) is 5.69 Å². The molecule has 8 heteroatoms. The molecule has 2 atom stereocenters. The molecule has 1 fully saturated rings. The summed E-state index contributed by atoms with van der Waals surface area (Å²) in [5, 5.41) is 13.6. The number of hydrogen-bond donors (Lipinski definition) is 4. The van der Waals surface area contributed by atoms with Crippen LogP contribution in [0.25, 0.3) is 0 Å². The van der Waals surface area contributed by atoms with Crippen LogP contribution in [0.4, 0.5) is 23.5 Å². The van der Waals surface area contributed by atoms with Crippen LogP contribution in [0.5, 0.6) is 0 Å². The summed E-state index contributed by atoms with van der Waals surface area (Å²) in [7, 11) is 0. The minimum Gasteiger partial charge on any atom is -0.370 e. The fraction of sp³-hybridized carbons (Fsp3) is 0.632. The second-order valence-electron chi connectivity index (χ2n) is 14.4. The lowest BCUT2D eigenvalue weighted by molar-refractivity contribution is 0.340. The molecule has 0 radical (unpaired) electrons. The van der Waals surface area contributed by atoms with Crippen LogP contribution in [-0.2, 0) is 0 Å². The lowest BCUT2D eigenvalue weighted by Crippen LogP contribution is -2.24. The zero-order valence-electron chi connectivity index (χ0n) is 29.9. The summed E-state index contributed by atoms with van der Waals surface area (Å²) >= 11 is 0. The van der Waals surface area contributed by atoms with Gasteiger partial charge in [-0.3, -0.25) is 0 Å². The first-order chi connectivity index (χ1) is 22.1. The molecule has 1 saturated carbocycles. The van der Waals surface area contributed by atoms with Gasteiger partial charge in [0.15, 0.2) is 0 Å². The molecule has 0 saturated heterocycles. The number of benzene rings is 1. The summed E-state index contributed by atoms with van der Waals surface area (Å²) < 4.78 is 0. The predicted molar refractivity (Wildman–Crippen MR) is 197 cm³/mol. The molecule has 46 heavy (non-hydrogen) atoms. The van der Waals surface area contributed by atoms with E-state index in [2.05, 4.69) is 123 Å². The van der Waals surface area contributed by atoms with Gasteiger partial charge in [-0.15, -0.1) is 0 Å². The van der Waals surface area contributed by atoms with Gasteiger partial charge in [-0.2, -0.15) is 9.97 Å². The quantitative estimate of drug-likeness (QED) is 0.110. The summed E-state index contributed by atoms with van der Waals surface area (Å²) in [4.78, 5) is 18.3. The number of nitrogens with zero attached hydrogens (tertiary/aromatic N) is 4. The summed E-state index contributed by atoms with van der Waals surface area (Å²) in [5.41, 5.74) is 2.61. The maximum atomic E-state index is 4.91. The van der Waals surface area contributed by atoms with Crippen molar-refractivity contribution in [2.45, 2.75) is 106 Å². The van der Waals surface area contributed by atoms with Gasteiger partial charge in [0.1, 0.15) is 11.6 Å². The number of hydrogen-bond acceptors (Lipinski definition) is 8. The Hall–Kier alpha value is -3.42. The van der Waals surface area contributed by atoms with Crippen molar-refractivity contribution in [1.82, 2.24) is 19.9 Å². The highest BCUT2D eigenvalue weighted by atomic mass is 15.1. The molecule has 2 unspecified atom stereocenters. The molecule has 4 N–H and O–H groups in total. The third-order valence-corrected chi connectivity index (χ3v) is 8.35. The van der Waals surface area contributed by atoms with Crippen molar-refractivity contribution in [3.05, 3.63) is 59.9 Å². The molecule has 8 nitrogen and oxygen atoms in total. The van der Waals surface area contributed by atoms with Crippen LogP contribution in [-0.4, -0.2) is 46.1 Å². The van der Waals surface area contributed by atoms with Gasteiger partial charge in [-0.05, 0) is 79.7 Å². The Bertz CT molecular complexity index is 1180. The van der Waals surface area contributed by atoms with Crippen molar-refractivity contribution >= 4 is 23.5 Å². The molecular weight excluding hydrogens is 568 g/mol. The molecule has 2 heterocycles. The van der Waals surface area contributed by atoms with E-state index in [1.54, 1.807) is 6.20 Å². The van der Waals surface area contributed by atoms with E-state index in [-0.39, 0.29) is 0 Å². The van der Waals surface area contributed by atoms with Crippen LogP contribution in [0.1, 0.15) is 117 Å². The molecule has 3 aromatic rings. The van der Waals surface area contributed by atoms with Crippen molar-refractivity contribution in [1.29, 1.82) is 0 Å². The summed E-state index contributed by atoms with van der Waals surface area (Å²) in [6.45, 7) is 21.6. The first-order valence-corrected chi connectivity index (χ1v) is 17.8. The summed E-state index contributed by atoms with van der Waals surface area (Å²) in [6, 6.07) is 15.0. The van der Waals surface area contributed by atoms with E-state index < -0.39 is 0 Å². The highest BCUT2D eigenvalue weighted by molar-refractivity contribution is 5.45. The van der Waals surface area contributed by atoms with Gasteiger partial charge >= 0.3 is 0 Å². The monoisotopic (exact) mass is 631 g/mol. The lowest BCUT2D eigenvalue weighted by atomic mass is 9.68. The standard InChI is InChI=1S/C24H36N4.C14H26N4/c1-17(2)12-14-25-23-16-22(27-24(28-23)26-15-13-18(3)4)21-11-10-20(21)19-8-6-5-7-9-19;1-11(2)5-8-15-13-7-10-17-14(18-13)16-9-6-12(3)4/h5-9,16-18,20-21H,10-15H2,1-4H3,(H2,25,26,27,28);7,10-12H,5-6,8-9H2,1-4H3,(H2,15,16,17,18). The van der Waals surface area contributed by atoms with Crippen LogP contribution in [0, 0.1) is 23.7 Å². The van der Waals surface area contributed by atoms with E-state index in [4.69, 9.17) is 9.97 Å². The van der Waals surface area contributed by atoms with Gasteiger partial charge in [-0.1, -0.05) is 85.7 Å². The molecule has 2 aromatic heterocycles. The Morgan fingerprint density at radius 2 is 1.07 bits per heavy atom. The molecule has 4 rings (SSSR count). The SMILES string of the molecule is CC(C)CCNc1cc(C2CCC2c2ccccc2)nc(NCCC(C)C)n1.CC(C)CCNc1ccnc(NCCC(C)C)n1. The fourth-order valence-electron chi connectivity index (χ4n) is 5.24. The van der Waals surface area contributed by atoms with Crippen molar-refractivity contribution in [2.75, 3.05) is 47.4 Å². The summed E-state index contributed by atoms with van der Waals surface area (Å²) in [5.74, 6) is 7.17. The molecule has 254 valence electrons. The van der Waals surface area contributed by atoms with E-state index in [1.807, 2.05) is 6.07 Å². The second-order valence-corrected chi connectivity index (χ2v) is 14.4. The summed E-state index contributed by atoms with van der Waals surface area (Å²) in [6.07, 6.45) is 8.79. The highest BCUT2D eigenvalue weighted by Gasteiger charge is 2.34. The van der Waals surface area contributed by atoms with Gasteiger partial charge in [0.2, 0.25) is 11.9 Å². The van der Waals surface area contributed by atoms with Crippen LogP contribution < -0.4 is 21.3 Å². The Kier molecular flexibility index (Phi) is 16.1. The third-order valence-electron chi connectivity index (χ3n) is 8.35. The molecule has 0 aliphatic heterocycles. The Balaban J connectivity index is 0.000000277.